The van der Waals surface area contributed by atoms with E-state index in [1.54, 1.807) is 0 Å². The third kappa shape index (κ3) is 15.6. The van der Waals surface area contributed by atoms with Crippen LogP contribution in [0.2, 0.25) is 115 Å². The van der Waals surface area contributed by atoms with Gasteiger partial charge in [-0.1, -0.05) is 44.9 Å². The van der Waals surface area contributed by atoms with E-state index < -0.39 is 49.9 Å². The summed E-state index contributed by atoms with van der Waals surface area (Å²) >= 11 is 0. The zero-order chi connectivity index (χ0) is 43.1. The van der Waals surface area contributed by atoms with E-state index >= 15 is 0 Å². The Morgan fingerprint density at radius 2 is 0.567 bits per heavy atom. The van der Waals surface area contributed by atoms with Gasteiger partial charge in [0.1, 0.15) is 0 Å². The summed E-state index contributed by atoms with van der Waals surface area (Å²) in [6.07, 6.45) is 28.2. The number of epoxide rings is 3. The van der Waals surface area contributed by atoms with Gasteiger partial charge < -0.3 is 26.6 Å². The first-order chi connectivity index (χ1) is 28.0. The van der Waals surface area contributed by atoms with Gasteiger partial charge >= 0.3 is 0 Å². The zero-order valence-electron chi connectivity index (χ0n) is 41.3. The number of ether oxygens (including phenoxy) is 3. The van der Waals surface area contributed by atoms with Crippen molar-refractivity contribution in [2.75, 3.05) is 0 Å². The minimum absolute atomic E-state index is 0.598. The second-order valence-electron chi connectivity index (χ2n) is 26.0. The maximum atomic E-state index is 7.37. The van der Waals surface area contributed by atoms with Crippen molar-refractivity contribution in [2.24, 2.45) is 35.5 Å². The van der Waals surface area contributed by atoms with Gasteiger partial charge in [-0.3, -0.25) is 0 Å². The van der Waals surface area contributed by atoms with Crippen molar-refractivity contribution in [3.8, 4) is 0 Å². The van der Waals surface area contributed by atoms with Gasteiger partial charge in [0.15, 0.2) is 49.9 Å². The molecular weight excluding hydrogens is 841 g/mol. The van der Waals surface area contributed by atoms with Crippen molar-refractivity contribution in [1.29, 1.82) is 0 Å². The molecule has 0 bridgehead atoms. The van der Waals surface area contributed by atoms with Crippen molar-refractivity contribution < 1.29 is 26.6 Å². The van der Waals surface area contributed by atoms with Crippen LogP contribution in [0.1, 0.15) is 116 Å². The van der Waals surface area contributed by atoms with E-state index in [0.29, 0.717) is 36.6 Å². The fourth-order valence-corrected chi connectivity index (χ4v) is 40.4. The molecule has 0 radical (unpaired) electrons. The summed E-state index contributed by atoms with van der Waals surface area (Å²) in [6, 6.07) is 8.00. The first-order valence-electron chi connectivity index (χ1n) is 26.1. The van der Waals surface area contributed by atoms with Crippen LogP contribution in [0.4, 0.5) is 0 Å². The number of fused-ring (bicyclic) bond motifs is 3. The van der Waals surface area contributed by atoms with E-state index in [-0.39, 0.29) is 0 Å². The molecule has 0 amide bonds. The molecule has 0 spiro atoms. The summed E-state index contributed by atoms with van der Waals surface area (Å²) < 4.78 is 39.6. The lowest BCUT2D eigenvalue weighted by Gasteiger charge is -2.42. The van der Waals surface area contributed by atoms with Crippen molar-refractivity contribution >= 4 is 49.9 Å². The Morgan fingerprint density at radius 3 is 0.883 bits per heavy atom. The molecule has 0 aromatic carbocycles. The van der Waals surface area contributed by atoms with Gasteiger partial charge in [-0.15, -0.1) is 0 Å². The fourth-order valence-electron chi connectivity index (χ4n) is 13.5. The Hall–Kier alpha value is 1.06. The molecule has 3 aliphatic heterocycles. The first kappa shape index (κ1) is 49.0. The molecular formula is C48H96O6Si6. The third-order valence-corrected chi connectivity index (χ3v) is 39.3. The van der Waals surface area contributed by atoms with Gasteiger partial charge in [-0.2, -0.15) is 0 Å². The largest absolute Gasteiger partial charge is 0.455 e. The Bertz CT molecular complexity index is 1390. The first-order valence-corrected chi connectivity index (χ1v) is 44.8. The summed E-state index contributed by atoms with van der Waals surface area (Å²) in [5, 5.41) is 0. The maximum absolute atomic E-state index is 7.37. The highest BCUT2D eigenvalue weighted by atomic mass is 28.4. The lowest BCUT2D eigenvalue weighted by atomic mass is 9.71. The molecule has 0 aromatic rings. The van der Waals surface area contributed by atoms with Crippen LogP contribution in [0.25, 0.3) is 0 Å². The quantitative estimate of drug-likeness (QED) is 0.0710. The molecule has 4 aliphatic carbocycles. The topological polar surface area (TPSA) is 65.3 Å². The van der Waals surface area contributed by atoms with Crippen molar-refractivity contribution in [2.45, 2.75) is 267 Å². The second kappa shape index (κ2) is 19.7. The lowest BCUT2D eigenvalue weighted by molar-refractivity contribution is 0.164. The van der Waals surface area contributed by atoms with E-state index in [4.69, 9.17) is 26.6 Å². The Kier molecular flexibility index (Phi) is 16.1. The summed E-state index contributed by atoms with van der Waals surface area (Å²) in [6.45, 7) is 30.6. The minimum atomic E-state index is -1.78. The van der Waals surface area contributed by atoms with E-state index in [0.717, 1.165) is 35.5 Å². The van der Waals surface area contributed by atoms with Gasteiger partial charge in [0.05, 0.1) is 36.6 Å². The third-order valence-electron chi connectivity index (χ3n) is 17.1. The number of hydrogen-bond acceptors (Lipinski definition) is 6. The van der Waals surface area contributed by atoms with E-state index in [1.165, 1.54) is 152 Å². The predicted molar refractivity (Wildman–Crippen MR) is 267 cm³/mol. The molecule has 12 atom stereocenters. The smallest absolute Gasteiger partial charge is 0.173 e. The van der Waals surface area contributed by atoms with Gasteiger partial charge in [0.2, 0.25) is 0 Å². The highest BCUT2D eigenvalue weighted by molar-refractivity contribution is 6.86. The van der Waals surface area contributed by atoms with Crippen LogP contribution in [0.15, 0.2) is 0 Å². The SMILES string of the molecule is C[Si](C)(CCC1CCC(CC[Si](C)(C)O[Si](C)(C)CCC2CCC3OC3C2)C(CC[Si](C)(C)O[Si](C)(C)CCC2CCC3OC3C2)C1)O[Si](C)(C)CCC1CCC2OC2C1. The van der Waals surface area contributed by atoms with Crippen LogP contribution in [0, 0.1) is 35.5 Å². The molecule has 7 fully saturated rings. The number of rotatable bonds is 24. The van der Waals surface area contributed by atoms with Gasteiger partial charge in [0.25, 0.3) is 0 Å². The molecule has 348 valence electrons. The van der Waals surface area contributed by atoms with Crippen LogP contribution < -0.4 is 0 Å². The van der Waals surface area contributed by atoms with Crippen molar-refractivity contribution in [1.82, 2.24) is 0 Å². The zero-order valence-corrected chi connectivity index (χ0v) is 47.3. The highest BCUT2D eigenvalue weighted by Crippen LogP contribution is 2.47. The van der Waals surface area contributed by atoms with Crippen molar-refractivity contribution in [3.05, 3.63) is 0 Å². The number of hydrogen-bond donors (Lipinski definition) is 0. The molecule has 60 heavy (non-hydrogen) atoms. The van der Waals surface area contributed by atoms with E-state index in [1.807, 2.05) is 0 Å². The van der Waals surface area contributed by atoms with Crippen LogP contribution in [0.3, 0.4) is 0 Å². The second-order valence-corrected chi connectivity index (χ2v) is 52.5. The van der Waals surface area contributed by atoms with Gasteiger partial charge in [0, 0.05) is 0 Å². The average Bonchev–Trinajstić information content (AvgIpc) is 4.04. The minimum Gasteiger partial charge on any atom is -0.455 e. The maximum Gasteiger partial charge on any atom is 0.173 e. The predicted octanol–water partition coefficient (Wildman–Crippen LogP) is 14.3. The lowest BCUT2D eigenvalue weighted by Crippen LogP contribution is -2.45. The van der Waals surface area contributed by atoms with E-state index in [9.17, 15) is 0 Å². The average molecular weight is 938 g/mol. The summed E-state index contributed by atoms with van der Waals surface area (Å²) in [5.41, 5.74) is 0. The van der Waals surface area contributed by atoms with Crippen molar-refractivity contribution in [3.63, 3.8) is 0 Å². The van der Waals surface area contributed by atoms with Crippen LogP contribution >= 0.6 is 0 Å². The molecule has 3 heterocycles. The van der Waals surface area contributed by atoms with E-state index in [2.05, 4.69) is 78.6 Å². The van der Waals surface area contributed by atoms with Crippen LogP contribution in [0.5, 0.6) is 0 Å². The monoisotopic (exact) mass is 937 g/mol. The van der Waals surface area contributed by atoms with Gasteiger partial charge in [-0.05, 0) is 221 Å². The molecule has 12 heteroatoms. The highest BCUT2D eigenvalue weighted by Gasteiger charge is 2.47. The molecule has 7 rings (SSSR count). The standard InChI is InChI=1S/C48H96O6Si6/c1-55(2,52-56(3,4)28-22-38-14-18-43-46(34-38)49-43)27-21-37-13-17-41(25-31-59(9,10)53-57(5,6)29-23-39-15-19-44-47(35-39)50-44)42(33-37)26-32-60(11,12)54-58(7,8)30-24-40-16-20-45-48(36-40)51-45/h37-48H,13-36H2,1-12H3. The normalized spacial score (nSPS) is 36.0. The summed E-state index contributed by atoms with van der Waals surface area (Å²) in [7, 11) is -10.3. The Labute approximate surface area is 377 Å². The van der Waals surface area contributed by atoms with Gasteiger partial charge in [-0.25, -0.2) is 0 Å². The molecule has 0 aromatic heterocycles. The Balaban J connectivity index is 0.902. The molecule has 0 N–H and O–H groups in total. The van der Waals surface area contributed by atoms with Crippen LogP contribution in [-0.2, 0) is 26.6 Å². The molecule has 7 aliphatic rings. The van der Waals surface area contributed by atoms with Crippen LogP contribution in [-0.4, -0.2) is 86.5 Å². The Morgan fingerprint density at radius 1 is 0.300 bits per heavy atom. The fraction of sp³-hybridized carbons (Fsp3) is 1.00. The summed E-state index contributed by atoms with van der Waals surface area (Å²) in [5.74, 6) is 5.17. The molecule has 12 unspecified atom stereocenters. The molecule has 4 saturated carbocycles. The molecule has 6 nitrogen and oxygen atoms in total. The molecule has 3 saturated heterocycles. The summed E-state index contributed by atoms with van der Waals surface area (Å²) in [4.78, 5) is 0.